The monoisotopic (exact) mass is 264 g/mol. The van der Waals surface area contributed by atoms with E-state index in [0.29, 0.717) is 11.6 Å². The average Bonchev–Trinajstić information content (AvgIpc) is 2.35. The van der Waals surface area contributed by atoms with Crippen LogP contribution in [0.5, 0.6) is 0 Å². The van der Waals surface area contributed by atoms with E-state index in [1.54, 1.807) is 19.1 Å². The molecule has 5 heteroatoms. The van der Waals surface area contributed by atoms with E-state index in [2.05, 4.69) is 4.99 Å². The van der Waals surface area contributed by atoms with Crippen molar-refractivity contribution < 1.29 is 9.53 Å². The molecule has 18 heavy (non-hydrogen) atoms. The number of carbonyl (C=O) groups excluding carboxylic acids is 1. The Balaban J connectivity index is 2.58. The molecule has 0 aromatic heterocycles. The van der Waals surface area contributed by atoms with Crippen molar-refractivity contribution in [3.8, 4) is 6.07 Å². The zero-order valence-corrected chi connectivity index (χ0v) is 10.7. The van der Waals surface area contributed by atoms with E-state index in [-0.39, 0.29) is 6.61 Å². The third-order valence-electron chi connectivity index (χ3n) is 2.10. The minimum atomic E-state index is -0.955. The summed E-state index contributed by atoms with van der Waals surface area (Å²) in [7, 11) is 0. The van der Waals surface area contributed by atoms with Crippen molar-refractivity contribution in [1.82, 2.24) is 0 Å². The molecule has 0 heterocycles. The van der Waals surface area contributed by atoms with Gasteiger partial charge in [0.15, 0.2) is 5.92 Å². The normalized spacial score (nSPS) is 12.1. The molecule has 0 amide bonds. The molecule has 1 atom stereocenters. The number of benzene rings is 1. The fraction of sp³-hybridized carbons (Fsp3) is 0.308. The molecule has 0 N–H and O–H groups in total. The molecule has 1 aromatic rings. The first-order valence-electron chi connectivity index (χ1n) is 5.48. The topological polar surface area (TPSA) is 62.5 Å². The average molecular weight is 265 g/mol. The number of esters is 1. The van der Waals surface area contributed by atoms with Gasteiger partial charge in [0.25, 0.3) is 0 Å². The Bertz CT molecular complexity index is 480. The number of rotatable bonds is 5. The highest BCUT2D eigenvalue weighted by Crippen LogP contribution is 2.11. The lowest BCUT2D eigenvalue weighted by atomic mass is 10.2. The Morgan fingerprint density at radius 2 is 2.44 bits per heavy atom. The summed E-state index contributed by atoms with van der Waals surface area (Å²) in [6.45, 7) is 2.31. The second kappa shape index (κ2) is 7.46. The number of hydrogen-bond acceptors (Lipinski definition) is 4. The molecule has 0 aliphatic carbocycles. The largest absolute Gasteiger partial charge is 0.465 e. The van der Waals surface area contributed by atoms with Crippen molar-refractivity contribution in [2.45, 2.75) is 13.5 Å². The van der Waals surface area contributed by atoms with Gasteiger partial charge < -0.3 is 4.74 Å². The highest BCUT2D eigenvalue weighted by atomic mass is 35.5. The van der Waals surface area contributed by atoms with Gasteiger partial charge >= 0.3 is 5.97 Å². The molecule has 0 aliphatic heterocycles. The van der Waals surface area contributed by atoms with E-state index in [1.807, 2.05) is 18.2 Å². The van der Waals surface area contributed by atoms with Crippen LogP contribution in [0.1, 0.15) is 12.5 Å². The summed E-state index contributed by atoms with van der Waals surface area (Å²) >= 11 is 5.83. The van der Waals surface area contributed by atoms with Gasteiger partial charge in [-0.3, -0.25) is 9.79 Å². The van der Waals surface area contributed by atoms with Gasteiger partial charge in [-0.2, -0.15) is 5.26 Å². The maximum absolute atomic E-state index is 11.3. The van der Waals surface area contributed by atoms with Gasteiger partial charge in [0, 0.05) is 11.2 Å². The molecule has 0 saturated carbocycles. The minimum Gasteiger partial charge on any atom is -0.465 e. The van der Waals surface area contributed by atoms with Crippen LogP contribution in [0.25, 0.3) is 0 Å². The lowest BCUT2D eigenvalue weighted by molar-refractivity contribution is -0.143. The number of halogens is 1. The van der Waals surface area contributed by atoms with Crippen molar-refractivity contribution in [1.29, 1.82) is 5.26 Å². The minimum absolute atomic E-state index is 0.249. The molecule has 0 radical (unpaired) electrons. The van der Waals surface area contributed by atoms with Crippen LogP contribution in [0.4, 0.5) is 0 Å². The summed E-state index contributed by atoms with van der Waals surface area (Å²) in [5.74, 6) is -1.53. The summed E-state index contributed by atoms with van der Waals surface area (Å²) < 4.78 is 4.74. The van der Waals surface area contributed by atoms with Crippen molar-refractivity contribution in [2.24, 2.45) is 10.9 Å². The van der Waals surface area contributed by atoms with Crippen molar-refractivity contribution in [2.75, 3.05) is 6.61 Å². The molecule has 0 bridgehead atoms. The molecule has 0 aliphatic rings. The molecular formula is C13H13ClN2O2. The predicted octanol–water partition coefficient (Wildman–Crippen LogP) is 2.61. The van der Waals surface area contributed by atoms with Crippen LogP contribution in [0.2, 0.25) is 5.02 Å². The highest BCUT2D eigenvalue weighted by molar-refractivity contribution is 6.30. The first-order valence-corrected chi connectivity index (χ1v) is 5.85. The molecule has 0 spiro atoms. The highest BCUT2D eigenvalue weighted by Gasteiger charge is 2.15. The number of ether oxygens (including phenoxy) is 1. The van der Waals surface area contributed by atoms with Gasteiger partial charge in [-0.05, 0) is 24.6 Å². The number of nitriles is 1. The van der Waals surface area contributed by atoms with Crippen LogP contribution in [0.3, 0.4) is 0 Å². The maximum Gasteiger partial charge on any atom is 0.328 e. The predicted molar refractivity (Wildman–Crippen MR) is 69.4 cm³/mol. The fourth-order valence-corrected chi connectivity index (χ4v) is 1.49. The second-order valence-corrected chi connectivity index (χ2v) is 3.91. The molecule has 1 rings (SSSR count). The summed E-state index contributed by atoms with van der Waals surface area (Å²) in [6, 6.07) is 9.08. The van der Waals surface area contributed by atoms with E-state index in [9.17, 15) is 4.79 Å². The lowest BCUT2D eigenvalue weighted by Gasteiger charge is -2.02. The van der Waals surface area contributed by atoms with Crippen LogP contribution in [0, 0.1) is 17.2 Å². The number of hydrogen-bond donors (Lipinski definition) is 0. The van der Waals surface area contributed by atoms with Crippen LogP contribution in [-0.2, 0) is 16.1 Å². The van der Waals surface area contributed by atoms with Gasteiger partial charge in [0.1, 0.15) is 0 Å². The van der Waals surface area contributed by atoms with Gasteiger partial charge in [0.2, 0.25) is 0 Å². The summed E-state index contributed by atoms with van der Waals surface area (Å²) in [4.78, 5) is 15.4. The Morgan fingerprint density at radius 3 is 3.06 bits per heavy atom. The van der Waals surface area contributed by atoms with E-state index < -0.39 is 11.9 Å². The van der Waals surface area contributed by atoms with Gasteiger partial charge in [-0.1, -0.05) is 23.7 Å². The molecule has 0 saturated heterocycles. The van der Waals surface area contributed by atoms with E-state index in [4.69, 9.17) is 21.6 Å². The zero-order chi connectivity index (χ0) is 13.4. The molecule has 1 aromatic carbocycles. The Morgan fingerprint density at radius 1 is 1.67 bits per heavy atom. The third kappa shape index (κ3) is 4.56. The Hall–Kier alpha value is -1.86. The molecular weight excluding hydrogens is 252 g/mol. The fourth-order valence-electron chi connectivity index (χ4n) is 1.28. The maximum atomic E-state index is 11.3. The van der Waals surface area contributed by atoms with Gasteiger partial charge in [-0.25, -0.2) is 0 Å². The Kier molecular flexibility index (Phi) is 5.89. The summed E-state index contributed by atoms with van der Waals surface area (Å²) in [6.07, 6.45) is 1.30. The molecule has 4 nitrogen and oxygen atoms in total. The number of carbonyl (C=O) groups is 1. The zero-order valence-electron chi connectivity index (χ0n) is 9.97. The SMILES string of the molecule is CCOC(=O)[C@H](C#N)C=NCc1cccc(Cl)c1. The van der Waals surface area contributed by atoms with Crippen LogP contribution < -0.4 is 0 Å². The van der Waals surface area contributed by atoms with Crippen LogP contribution >= 0.6 is 11.6 Å². The third-order valence-corrected chi connectivity index (χ3v) is 2.33. The van der Waals surface area contributed by atoms with Crippen molar-refractivity contribution >= 4 is 23.8 Å². The van der Waals surface area contributed by atoms with Gasteiger partial charge in [0.05, 0.1) is 19.2 Å². The van der Waals surface area contributed by atoms with Crippen molar-refractivity contribution in [3.05, 3.63) is 34.9 Å². The lowest BCUT2D eigenvalue weighted by Crippen LogP contribution is -2.17. The molecule has 94 valence electrons. The summed E-state index contributed by atoms with van der Waals surface area (Å²) in [5, 5.41) is 9.43. The number of aliphatic imine (C=N–C) groups is 1. The van der Waals surface area contributed by atoms with Gasteiger partial charge in [-0.15, -0.1) is 0 Å². The Labute approximate surface area is 111 Å². The quantitative estimate of drug-likeness (QED) is 0.607. The van der Waals surface area contributed by atoms with Crippen molar-refractivity contribution in [3.63, 3.8) is 0 Å². The standard InChI is InChI=1S/C13H13ClN2O2/c1-2-18-13(17)11(7-15)9-16-8-10-4-3-5-12(14)6-10/h3-6,9,11H,2,8H2,1H3/t11-/m1/s1. The number of nitrogens with zero attached hydrogens (tertiary/aromatic N) is 2. The second-order valence-electron chi connectivity index (χ2n) is 3.48. The first kappa shape index (κ1) is 14.2. The smallest absolute Gasteiger partial charge is 0.328 e. The van der Waals surface area contributed by atoms with Crippen LogP contribution in [-0.4, -0.2) is 18.8 Å². The molecule has 0 fully saturated rings. The van der Waals surface area contributed by atoms with E-state index >= 15 is 0 Å². The summed E-state index contributed by atoms with van der Waals surface area (Å²) in [5.41, 5.74) is 0.916. The van der Waals surface area contributed by atoms with E-state index in [1.165, 1.54) is 6.21 Å². The first-order chi connectivity index (χ1) is 8.67. The molecule has 0 unspecified atom stereocenters. The van der Waals surface area contributed by atoms with E-state index in [0.717, 1.165) is 5.56 Å². The van der Waals surface area contributed by atoms with Crippen LogP contribution in [0.15, 0.2) is 29.3 Å².